The number of benzene rings is 2. The van der Waals surface area contributed by atoms with Gasteiger partial charge in [-0.2, -0.15) is 0 Å². The third-order valence-corrected chi connectivity index (χ3v) is 3.73. The molecule has 0 amide bonds. The third kappa shape index (κ3) is 2.91. The van der Waals surface area contributed by atoms with Gasteiger partial charge in [-0.15, -0.1) is 5.10 Å². The molecule has 0 fully saturated rings. The van der Waals surface area contributed by atoms with Crippen LogP contribution < -0.4 is 5.32 Å². The first kappa shape index (κ1) is 14.0. The molecular weight excluding hydrogens is 284 g/mol. The highest BCUT2D eigenvalue weighted by molar-refractivity contribution is 6.31. The van der Waals surface area contributed by atoms with Gasteiger partial charge in [0.05, 0.1) is 11.2 Å². The second-order valence-electron chi connectivity index (χ2n) is 4.94. The number of hydrogen-bond acceptors (Lipinski definition) is 3. The van der Waals surface area contributed by atoms with Crippen molar-refractivity contribution in [3.63, 3.8) is 0 Å². The number of fused-ring (bicyclic) bond motifs is 1. The molecule has 0 radical (unpaired) electrons. The minimum absolute atomic E-state index is 0.746. The second-order valence-corrected chi connectivity index (χ2v) is 5.35. The van der Waals surface area contributed by atoms with E-state index in [1.54, 1.807) is 0 Å². The fourth-order valence-electron chi connectivity index (χ4n) is 2.27. The van der Waals surface area contributed by atoms with Gasteiger partial charge in [-0.3, -0.25) is 0 Å². The Kier molecular flexibility index (Phi) is 4.18. The summed E-state index contributed by atoms with van der Waals surface area (Å²) in [5.41, 5.74) is 3.87. The molecule has 0 unspecified atom stereocenters. The van der Waals surface area contributed by atoms with Crippen LogP contribution in [-0.2, 0) is 6.54 Å². The maximum Gasteiger partial charge on any atom is 0.113 e. The molecule has 21 heavy (non-hydrogen) atoms. The van der Waals surface area contributed by atoms with Gasteiger partial charge in [0.1, 0.15) is 5.52 Å². The van der Waals surface area contributed by atoms with E-state index in [1.807, 2.05) is 47.1 Å². The molecular formula is C16H17ClN4. The van der Waals surface area contributed by atoms with Gasteiger partial charge in [0.2, 0.25) is 0 Å². The first-order valence-corrected chi connectivity index (χ1v) is 7.47. The van der Waals surface area contributed by atoms with Gasteiger partial charge >= 0.3 is 0 Å². The SMILES string of the molecule is CCCNCc1ccc(-n2nnc3ccccc32)cc1Cl. The summed E-state index contributed by atoms with van der Waals surface area (Å²) in [6, 6.07) is 13.9. The van der Waals surface area contributed by atoms with Gasteiger partial charge in [-0.05, 0) is 42.8 Å². The fraction of sp³-hybridized carbons (Fsp3) is 0.250. The Morgan fingerprint density at radius 3 is 2.86 bits per heavy atom. The van der Waals surface area contributed by atoms with Crippen molar-refractivity contribution >= 4 is 22.6 Å². The van der Waals surface area contributed by atoms with E-state index in [-0.39, 0.29) is 0 Å². The zero-order valence-electron chi connectivity index (χ0n) is 11.9. The summed E-state index contributed by atoms with van der Waals surface area (Å²) in [6.45, 7) is 3.92. The fourth-order valence-corrected chi connectivity index (χ4v) is 2.51. The van der Waals surface area contributed by atoms with Gasteiger partial charge in [0, 0.05) is 11.6 Å². The molecule has 1 aromatic heterocycles. The number of nitrogens with one attached hydrogen (secondary N) is 1. The van der Waals surface area contributed by atoms with Crippen LogP contribution in [0.2, 0.25) is 5.02 Å². The minimum Gasteiger partial charge on any atom is -0.313 e. The van der Waals surface area contributed by atoms with Crippen molar-refractivity contribution in [2.24, 2.45) is 0 Å². The van der Waals surface area contributed by atoms with E-state index in [0.29, 0.717) is 0 Å². The maximum atomic E-state index is 6.37. The van der Waals surface area contributed by atoms with E-state index in [4.69, 9.17) is 11.6 Å². The number of para-hydroxylation sites is 1. The quantitative estimate of drug-likeness (QED) is 0.733. The molecule has 2 aromatic carbocycles. The zero-order chi connectivity index (χ0) is 14.7. The lowest BCUT2D eigenvalue weighted by atomic mass is 10.2. The Morgan fingerprint density at radius 1 is 1.19 bits per heavy atom. The molecule has 0 aliphatic heterocycles. The van der Waals surface area contributed by atoms with Crippen LogP contribution in [-0.4, -0.2) is 21.5 Å². The third-order valence-electron chi connectivity index (χ3n) is 3.38. The molecule has 1 N–H and O–H groups in total. The predicted molar refractivity (Wildman–Crippen MR) is 85.9 cm³/mol. The van der Waals surface area contributed by atoms with Crippen molar-refractivity contribution in [2.45, 2.75) is 19.9 Å². The molecule has 0 spiro atoms. The predicted octanol–water partition coefficient (Wildman–Crippen LogP) is 3.57. The molecule has 0 atom stereocenters. The van der Waals surface area contributed by atoms with E-state index < -0.39 is 0 Å². The summed E-state index contributed by atoms with van der Waals surface area (Å²) >= 11 is 6.37. The lowest BCUT2D eigenvalue weighted by Gasteiger charge is -2.08. The molecule has 4 nitrogen and oxygen atoms in total. The van der Waals surface area contributed by atoms with E-state index in [9.17, 15) is 0 Å². The smallest absolute Gasteiger partial charge is 0.113 e. The number of halogens is 1. The van der Waals surface area contributed by atoms with Gasteiger partial charge in [0.25, 0.3) is 0 Å². The lowest BCUT2D eigenvalue weighted by Crippen LogP contribution is -2.14. The van der Waals surface area contributed by atoms with Crippen LogP contribution in [0.25, 0.3) is 16.7 Å². The summed E-state index contributed by atoms with van der Waals surface area (Å²) in [7, 11) is 0. The second kappa shape index (κ2) is 6.24. The number of rotatable bonds is 5. The standard InChI is InChI=1S/C16H17ClN4/c1-2-9-18-11-12-7-8-13(10-14(12)17)21-16-6-4-3-5-15(16)19-20-21/h3-8,10,18H,2,9,11H2,1H3. The Hall–Kier alpha value is -1.91. The van der Waals surface area contributed by atoms with E-state index in [1.165, 1.54) is 0 Å². The van der Waals surface area contributed by atoms with Crippen LogP contribution in [0.15, 0.2) is 42.5 Å². The van der Waals surface area contributed by atoms with Crippen molar-refractivity contribution in [3.05, 3.63) is 53.1 Å². The number of nitrogens with zero attached hydrogens (tertiary/aromatic N) is 3. The van der Waals surface area contributed by atoms with Crippen molar-refractivity contribution in [1.29, 1.82) is 0 Å². The van der Waals surface area contributed by atoms with E-state index in [2.05, 4.69) is 22.6 Å². The molecule has 0 saturated carbocycles. The molecule has 3 aromatic rings. The lowest BCUT2D eigenvalue weighted by molar-refractivity contribution is 0.675. The van der Waals surface area contributed by atoms with Crippen LogP contribution in [0.1, 0.15) is 18.9 Å². The maximum absolute atomic E-state index is 6.37. The largest absolute Gasteiger partial charge is 0.313 e. The first-order valence-electron chi connectivity index (χ1n) is 7.09. The molecule has 0 aliphatic rings. The molecule has 5 heteroatoms. The zero-order valence-corrected chi connectivity index (χ0v) is 12.6. The summed E-state index contributed by atoms with van der Waals surface area (Å²) in [4.78, 5) is 0. The van der Waals surface area contributed by atoms with Crippen molar-refractivity contribution in [1.82, 2.24) is 20.3 Å². The molecule has 108 valence electrons. The van der Waals surface area contributed by atoms with Crippen molar-refractivity contribution in [3.8, 4) is 5.69 Å². The van der Waals surface area contributed by atoms with Gasteiger partial charge < -0.3 is 5.32 Å². The normalized spacial score (nSPS) is 11.1. The summed E-state index contributed by atoms with van der Waals surface area (Å²) in [6.07, 6.45) is 1.11. The Bertz CT molecular complexity index is 751. The van der Waals surface area contributed by atoms with Crippen LogP contribution >= 0.6 is 11.6 Å². The van der Waals surface area contributed by atoms with Gasteiger partial charge in [0.15, 0.2) is 0 Å². The highest BCUT2D eigenvalue weighted by Gasteiger charge is 2.08. The molecule has 0 bridgehead atoms. The number of hydrogen-bond donors (Lipinski definition) is 1. The highest BCUT2D eigenvalue weighted by Crippen LogP contribution is 2.22. The van der Waals surface area contributed by atoms with E-state index >= 15 is 0 Å². The Balaban J connectivity index is 1.91. The monoisotopic (exact) mass is 300 g/mol. The van der Waals surface area contributed by atoms with Crippen molar-refractivity contribution < 1.29 is 0 Å². The van der Waals surface area contributed by atoms with Crippen LogP contribution in [0.3, 0.4) is 0 Å². The van der Waals surface area contributed by atoms with Crippen LogP contribution in [0.4, 0.5) is 0 Å². The van der Waals surface area contributed by atoms with E-state index in [0.717, 1.165) is 46.8 Å². The summed E-state index contributed by atoms with van der Waals surface area (Å²) in [5.74, 6) is 0. The Morgan fingerprint density at radius 2 is 2.05 bits per heavy atom. The topological polar surface area (TPSA) is 42.7 Å². The average molecular weight is 301 g/mol. The summed E-state index contributed by atoms with van der Waals surface area (Å²) < 4.78 is 1.81. The molecule has 0 saturated heterocycles. The highest BCUT2D eigenvalue weighted by atomic mass is 35.5. The van der Waals surface area contributed by atoms with Gasteiger partial charge in [-0.1, -0.05) is 41.9 Å². The Labute approximate surface area is 128 Å². The molecule has 3 rings (SSSR count). The minimum atomic E-state index is 0.746. The number of aromatic nitrogens is 3. The van der Waals surface area contributed by atoms with Crippen LogP contribution in [0.5, 0.6) is 0 Å². The average Bonchev–Trinajstić information content (AvgIpc) is 2.93. The molecule has 1 heterocycles. The van der Waals surface area contributed by atoms with Crippen molar-refractivity contribution in [2.75, 3.05) is 6.54 Å². The summed E-state index contributed by atoms with van der Waals surface area (Å²) in [5, 5.41) is 12.5. The van der Waals surface area contributed by atoms with Crippen LogP contribution in [0, 0.1) is 0 Å². The van der Waals surface area contributed by atoms with Gasteiger partial charge in [-0.25, -0.2) is 4.68 Å². The first-order chi connectivity index (χ1) is 10.3. The molecule has 0 aliphatic carbocycles.